The Balaban J connectivity index is 2.08. The lowest BCUT2D eigenvalue weighted by atomic mass is 10.1. The predicted molar refractivity (Wildman–Crippen MR) is 132 cm³/mol. The van der Waals surface area contributed by atoms with Gasteiger partial charge >= 0.3 is 0 Å². The van der Waals surface area contributed by atoms with E-state index in [1.165, 1.54) is 5.56 Å². The molecule has 2 aromatic carbocycles. The Morgan fingerprint density at radius 3 is 2.29 bits per heavy atom. The Bertz CT molecular complexity index is 844. The molecule has 0 unspecified atom stereocenters. The predicted octanol–water partition coefficient (Wildman–Crippen LogP) is 5.95. The second-order valence-electron chi connectivity index (χ2n) is 7.50. The summed E-state index contributed by atoms with van der Waals surface area (Å²) in [7, 11) is 0. The van der Waals surface area contributed by atoms with Crippen molar-refractivity contribution in [2.75, 3.05) is 5.75 Å². The SMILES string of the molecule is CC[C@H](C)NC(=O)[C@H](C)N(Cc1c(Cl)cccc1Cl)C(=O)CCSCc1ccccc1. The standard InChI is InChI=1S/C24H30Cl2N2O2S/c1-4-17(2)27-24(30)18(3)28(15-20-21(25)11-8-12-22(20)26)23(29)13-14-31-16-19-9-6-5-7-10-19/h5-12,17-18H,4,13-16H2,1-3H3,(H,27,30)/t17-,18-/m0/s1. The number of nitrogens with one attached hydrogen (secondary N) is 1. The Labute approximate surface area is 199 Å². The first-order valence-electron chi connectivity index (χ1n) is 10.5. The van der Waals surface area contributed by atoms with Crippen molar-refractivity contribution in [3.05, 3.63) is 69.7 Å². The van der Waals surface area contributed by atoms with Crippen LogP contribution in [-0.4, -0.2) is 34.6 Å². The van der Waals surface area contributed by atoms with E-state index >= 15 is 0 Å². The van der Waals surface area contributed by atoms with Gasteiger partial charge in [-0.3, -0.25) is 9.59 Å². The van der Waals surface area contributed by atoms with E-state index in [-0.39, 0.29) is 24.4 Å². The summed E-state index contributed by atoms with van der Waals surface area (Å²) < 4.78 is 0. The van der Waals surface area contributed by atoms with Gasteiger partial charge in [0.25, 0.3) is 0 Å². The molecule has 0 aliphatic rings. The first-order valence-corrected chi connectivity index (χ1v) is 12.4. The lowest BCUT2D eigenvalue weighted by molar-refractivity contribution is -0.140. The van der Waals surface area contributed by atoms with Crippen molar-refractivity contribution >= 4 is 46.8 Å². The highest BCUT2D eigenvalue weighted by Gasteiger charge is 2.27. The highest BCUT2D eigenvalue weighted by Crippen LogP contribution is 2.27. The largest absolute Gasteiger partial charge is 0.352 e. The molecule has 4 nitrogen and oxygen atoms in total. The van der Waals surface area contributed by atoms with E-state index in [0.29, 0.717) is 27.8 Å². The van der Waals surface area contributed by atoms with Crippen LogP contribution in [0.5, 0.6) is 0 Å². The molecule has 0 saturated heterocycles. The number of carbonyl (C=O) groups is 2. The lowest BCUT2D eigenvalue weighted by Crippen LogP contribution is -2.49. The van der Waals surface area contributed by atoms with Gasteiger partial charge in [0.05, 0.1) is 0 Å². The number of amides is 2. The molecule has 0 aliphatic carbocycles. The summed E-state index contributed by atoms with van der Waals surface area (Å²) in [6, 6.07) is 14.8. The molecule has 0 radical (unpaired) electrons. The molecule has 168 valence electrons. The zero-order chi connectivity index (χ0) is 22.8. The number of halogens is 2. The zero-order valence-corrected chi connectivity index (χ0v) is 20.6. The van der Waals surface area contributed by atoms with Crippen LogP contribution < -0.4 is 5.32 Å². The number of benzene rings is 2. The smallest absolute Gasteiger partial charge is 0.242 e. The Kier molecular flexibility index (Phi) is 10.7. The van der Waals surface area contributed by atoms with Gasteiger partial charge < -0.3 is 10.2 Å². The molecule has 0 aliphatic heterocycles. The minimum Gasteiger partial charge on any atom is -0.352 e. The lowest BCUT2D eigenvalue weighted by Gasteiger charge is -2.30. The van der Waals surface area contributed by atoms with Crippen LogP contribution in [-0.2, 0) is 21.9 Å². The van der Waals surface area contributed by atoms with Gasteiger partial charge in [-0.25, -0.2) is 0 Å². The number of nitrogens with zero attached hydrogens (tertiary/aromatic N) is 1. The van der Waals surface area contributed by atoms with Crippen molar-refractivity contribution in [3.8, 4) is 0 Å². The van der Waals surface area contributed by atoms with Crippen LogP contribution in [0.25, 0.3) is 0 Å². The third kappa shape index (κ3) is 8.06. The van der Waals surface area contributed by atoms with Crippen molar-refractivity contribution in [1.82, 2.24) is 10.2 Å². The number of hydrogen-bond acceptors (Lipinski definition) is 3. The maximum atomic E-state index is 13.1. The highest BCUT2D eigenvalue weighted by atomic mass is 35.5. The van der Waals surface area contributed by atoms with E-state index in [0.717, 1.165) is 12.2 Å². The van der Waals surface area contributed by atoms with Crippen LogP contribution in [0.4, 0.5) is 0 Å². The summed E-state index contributed by atoms with van der Waals surface area (Å²) in [4.78, 5) is 27.5. The molecule has 2 atom stereocenters. The minimum atomic E-state index is -0.632. The number of carbonyl (C=O) groups excluding carboxylic acids is 2. The Morgan fingerprint density at radius 1 is 1.03 bits per heavy atom. The number of hydrogen-bond donors (Lipinski definition) is 1. The summed E-state index contributed by atoms with van der Waals surface area (Å²) in [5.74, 6) is 1.24. The summed E-state index contributed by atoms with van der Waals surface area (Å²) in [6.45, 7) is 5.89. The van der Waals surface area contributed by atoms with Crippen LogP contribution in [0.15, 0.2) is 48.5 Å². The van der Waals surface area contributed by atoms with E-state index in [9.17, 15) is 9.59 Å². The van der Waals surface area contributed by atoms with Gasteiger partial charge in [-0.2, -0.15) is 11.8 Å². The average Bonchev–Trinajstić information content (AvgIpc) is 2.76. The van der Waals surface area contributed by atoms with Gasteiger partial charge in [-0.05, 0) is 38.0 Å². The van der Waals surface area contributed by atoms with Gasteiger partial charge in [-0.1, -0.05) is 66.5 Å². The average molecular weight is 481 g/mol. The van der Waals surface area contributed by atoms with Crippen molar-refractivity contribution in [3.63, 3.8) is 0 Å². The minimum absolute atomic E-state index is 0.0391. The molecule has 2 aromatic rings. The monoisotopic (exact) mass is 480 g/mol. The molecule has 31 heavy (non-hydrogen) atoms. The van der Waals surface area contributed by atoms with Crippen molar-refractivity contribution in [1.29, 1.82) is 0 Å². The van der Waals surface area contributed by atoms with E-state index in [2.05, 4.69) is 17.4 Å². The van der Waals surface area contributed by atoms with Crippen molar-refractivity contribution < 1.29 is 9.59 Å². The van der Waals surface area contributed by atoms with Gasteiger partial charge in [-0.15, -0.1) is 0 Å². The normalized spacial score (nSPS) is 12.8. The fourth-order valence-corrected chi connectivity index (χ4v) is 4.38. The van der Waals surface area contributed by atoms with Crippen LogP contribution in [0.2, 0.25) is 10.0 Å². The maximum absolute atomic E-state index is 13.1. The third-order valence-corrected chi connectivity index (χ3v) is 6.87. The van der Waals surface area contributed by atoms with Crippen LogP contribution in [0, 0.1) is 0 Å². The first-order chi connectivity index (χ1) is 14.8. The van der Waals surface area contributed by atoms with Crippen LogP contribution >= 0.6 is 35.0 Å². The number of rotatable bonds is 11. The van der Waals surface area contributed by atoms with E-state index in [4.69, 9.17) is 23.2 Å². The highest BCUT2D eigenvalue weighted by molar-refractivity contribution is 7.98. The van der Waals surface area contributed by atoms with Gasteiger partial charge in [0.2, 0.25) is 11.8 Å². The van der Waals surface area contributed by atoms with Gasteiger partial charge in [0.1, 0.15) is 6.04 Å². The van der Waals surface area contributed by atoms with Crippen molar-refractivity contribution in [2.45, 2.75) is 58.0 Å². The van der Waals surface area contributed by atoms with Crippen molar-refractivity contribution in [2.24, 2.45) is 0 Å². The molecule has 1 N–H and O–H groups in total. The van der Waals surface area contributed by atoms with Crippen LogP contribution in [0.3, 0.4) is 0 Å². The van der Waals surface area contributed by atoms with E-state index in [1.54, 1.807) is 41.8 Å². The van der Waals surface area contributed by atoms with Crippen LogP contribution in [0.1, 0.15) is 44.7 Å². The first kappa shape index (κ1) is 25.6. The second-order valence-corrected chi connectivity index (χ2v) is 9.42. The molecular formula is C24H30Cl2N2O2S. The van der Waals surface area contributed by atoms with E-state index < -0.39 is 6.04 Å². The molecule has 0 bridgehead atoms. The Morgan fingerprint density at radius 2 is 1.68 bits per heavy atom. The molecule has 7 heteroatoms. The molecule has 0 spiro atoms. The third-order valence-electron chi connectivity index (χ3n) is 5.13. The summed E-state index contributed by atoms with van der Waals surface area (Å²) >= 11 is 14.4. The molecule has 2 amide bonds. The fourth-order valence-electron chi connectivity index (χ4n) is 2.97. The quantitative estimate of drug-likeness (QED) is 0.404. The fraction of sp³-hybridized carbons (Fsp3) is 0.417. The summed E-state index contributed by atoms with van der Waals surface area (Å²) in [5.41, 5.74) is 1.88. The molecular weight excluding hydrogens is 451 g/mol. The second kappa shape index (κ2) is 13.0. The molecule has 2 rings (SSSR count). The summed E-state index contributed by atoms with van der Waals surface area (Å²) in [6.07, 6.45) is 1.15. The molecule has 0 fully saturated rings. The molecule has 0 aromatic heterocycles. The topological polar surface area (TPSA) is 49.4 Å². The van der Waals surface area contributed by atoms with E-state index in [1.807, 2.05) is 32.0 Å². The molecule has 0 saturated carbocycles. The number of thioether (sulfide) groups is 1. The van der Waals surface area contributed by atoms with Gasteiger partial charge in [0, 0.05) is 46.1 Å². The summed E-state index contributed by atoms with van der Waals surface area (Å²) in [5, 5.41) is 3.93. The van der Waals surface area contributed by atoms with Gasteiger partial charge in [0.15, 0.2) is 0 Å². The maximum Gasteiger partial charge on any atom is 0.242 e. The molecule has 0 heterocycles. The Hall–Kier alpha value is -1.69. The zero-order valence-electron chi connectivity index (χ0n) is 18.2.